The van der Waals surface area contributed by atoms with E-state index in [-0.39, 0.29) is 0 Å². The summed E-state index contributed by atoms with van der Waals surface area (Å²) in [4.78, 5) is 0. The zero-order chi connectivity index (χ0) is 14.1. The summed E-state index contributed by atoms with van der Waals surface area (Å²) in [7, 11) is 1.68. The molecule has 0 aliphatic rings. The minimum absolute atomic E-state index is 0.639. The van der Waals surface area contributed by atoms with Crippen LogP contribution in [0, 0.1) is 12.8 Å². The SMILES string of the molecule is COCCOCCn1ncc(CNCC(C)C)c1C. The van der Waals surface area contributed by atoms with E-state index in [0.717, 1.165) is 19.6 Å². The minimum Gasteiger partial charge on any atom is -0.382 e. The molecule has 0 aliphatic carbocycles. The summed E-state index contributed by atoms with van der Waals surface area (Å²) in [5, 5.41) is 7.83. The van der Waals surface area contributed by atoms with Crippen molar-refractivity contribution in [2.45, 2.75) is 33.9 Å². The molecule has 1 aromatic rings. The number of hydrogen-bond donors (Lipinski definition) is 1. The lowest BCUT2D eigenvalue weighted by Gasteiger charge is -2.08. The van der Waals surface area contributed by atoms with Crippen LogP contribution in [0.1, 0.15) is 25.1 Å². The van der Waals surface area contributed by atoms with Gasteiger partial charge in [0, 0.05) is 24.9 Å². The summed E-state index contributed by atoms with van der Waals surface area (Å²) in [6, 6.07) is 0. The Hall–Kier alpha value is -0.910. The fourth-order valence-corrected chi connectivity index (χ4v) is 1.78. The maximum atomic E-state index is 5.45. The van der Waals surface area contributed by atoms with Crippen LogP contribution >= 0.6 is 0 Å². The number of methoxy groups -OCH3 is 1. The van der Waals surface area contributed by atoms with Crippen LogP contribution < -0.4 is 5.32 Å². The highest BCUT2D eigenvalue weighted by Gasteiger charge is 2.06. The van der Waals surface area contributed by atoms with Crippen molar-refractivity contribution in [2.24, 2.45) is 5.92 Å². The van der Waals surface area contributed by atoms with Crippen LogP contribution in [0.25, 0.3) is 0 Å². The second kappa shape index (κ2) is 9.07. The van der Waals surface area contributed by atoms with E-state index in [0.29, 0.717) is 25.7 Å². The molecule has 0 bridgehead atoms. The van der Waals surface area contributed by atoms with E-state index in [9.17, 15) is 0 Å². The van der Waals surface area contributed by atoms with Crippen molar-refractivity contribution in [3.8, 4) is 0 Å². The number of hydrogen-bond acceptors (Lipinski definition) is 4. The van der Waals surface area contributed by atoms with E-state index in [2.05, 4.69) is 31.2 Å². The van der Waals surface area contributed by atoms with Crippen LogP contribution in [-0.2, 0) is 22.6 Å². The van der Waals surface area contributed by atoms with Crippen LogP contribution in [0.15, 0.2) is 6.20 Å². The van der Waals surface area contributed by atoms with Crippen molar-refractivity contribution in [3.63, 3.8) is 0 Å². The third-order valence-electron chi connectivity index (χ3n) is 2.95. The Labute approximate surface area is 116 Å². The molecule has 0 radical (unpaired) electrons. The van der Waals surface area contributed by atoms with Gasteiger partial charge in [0.15, 0.2) is 0 Å². The molecule has 1 rings (SSSR count). The molecule has 0 unspecified atom stereocenters. The Morgan fingerprint density at radius 2 is 2.11 bits per heavy atom. The summed E-state index contributed by atoms with van der Waals surface area (Å²) in [6.07, 6.45) is 1.94. The third kappa shape index (κ3) is 6.18. The molecule has 1 N–H and O–H groups in total. The van der Waals surface area contributed by atoms with E-state index in [1.165, 1.54) is 11.3 Å². The van der Waals surface area contributed by atoms with Crippen molar-refractivity contribution >= 4 is 0 Å². The lowest BCUT2D eigenvalue weighted by Crippen LogP contribution is -2.19. The summed E-state index contributed by atoms with van der Waals surface area (Å²) < 4.78 is 12.4. The van der Waals surface area contributed by atoms with Crippen molar-refractivity contribution in [2.75, 3.05) is 33.5 Å². The monoisotopic (exact) mass is 269 g/mol. The highest BCUT2D eigenvalue weighted by atomic mass is 16.5. The molecule has 1 aromatic heterocycles. The van der Waals surface area contributed by atoms with Gasteiger partial charge in [-0.2, -0.15) is 5.10 Å². The van der Waals surface area contributed by atoms with E-state index >= 15 is 0 Å². The first-order valence-corrected chi connectivity index (χ1v) is 6.93. The minimum atomic E-state index is 0.639. The van der Waals surface area contributed by atoms with Gasteiger partial charge >= 0.3 is 0 Å². The molecule has 0 aliphatic heterocycles. The second-order valence-electron chi connectivity index (χ2n) is 5.11. The van der Waals surface area contributed by atoms with E-state index in [1.54, 1.807) is 7.11 Å². The molecule has 0 aromatic carbocycles. The number of aromatic nitrogens is 2. The second-order valence-corrected chi connectivity index (χ2v) is 5.11. The van der Waals surface area contributed by atoms with E-state index in [1.807, 2.05) is 10.9 Å². The molecule has 1 heterocycles. The highest BCUT2D eigenvalue weighted by molar-refractivity contribution is 5.15. The van der Waals surface area contributed by atoms with Gasteiger partial charge < -0.3 is 14.8 Å². The predicted molar refractivity (Wildman–Crippen MR) is 76.2 cm³/mol. The average molecular weight is 269 g/mol. The number of rotatable bonds is 10. The van der Waals surface area contributed by atoms with E-state index < -0.39 is 0 Å². The largest absolute Gasteiger partial charge is 0.382 e. The zero-order valence-corrected chi connectivity index (χ0v) is 12.6. The van der Waals surface area contributed by atoms with Crippen molar-refractivity contribution in [1.82, 2.24) is 15.1 Å². The van der Waals surface area contributed by atoms with Crippen LogP contribution in [-0.4, -0.2) is 43.3 Å². The van der Waals surface area contributed by atoms with Gasteiger partial charge in [0.05, 0.1) is 32.6 Å². The van der Waals surface area contributed by atoms with Gasteiger partial charge in [-0.15, -0.1) is 0 Å². The Morgan fingerprint density at radius 3 is 2.79 bits per heavy atom. The number of nitrogens with zero attached hydrogens (tertiary/aromatic N) is 2. The lowest BCUT2D eigenvalue weighted by molar-refractivity contribution is 0.0652. The smallest absolute Gasteiger partial charge is 0.0701 e. The molecule has 0 spiro atoms. The molecular weight excluding hydrogens is 242 g/mol. The molecule has 0 atom stereocenters. The Bertz CT molecular complexity index is 350. The standard InChI is InChI=1S/C14H27N3O2/c1-12(2)9-15-10-14-11-16-17(13(14)3)5-6-19-8-7-18-4/h11-12,15H,5-10H2,1-4H3. The Kier molecular flexibility index (Phi) is 7.70. The molecule has 19 heavy (non-hydrogen) atoms. The molecule has 0 saturated heterocycles. The molecule has 110 valence electrons. The van der Waals surface area contributed by atoms with Crippen LogP contribution in [0.4, 0.5) is 0 Å². The predicted octanol–water partition coefficient (Wildman–Crippen LogP) is 1.60. The van der Waals surface area contributed by atoms with Crippen LogP contribution in [0.3, 0.4) is 0 Å². The Balaban J connectivity index is 2.30. The highest BCUT2D eigenvalue weighted by Crippen LogP contribution is 2.07. The normalized spacial score (nSPS) is 11.4. The fraction of sp³-hybridized carbons (Fsp3) is 0.786. The summed E-state index contributed by atoms with van der Waals surface area (Å²) in [6.45, 7) is 11.2. The number of nitrogens with one attached hydrogen (secondary N) is 1. The molecule has 5 nitrogen and oxygen atoms in total. The van der Waals surface area contributed by atoms with Gasteiger partial charge in [0.2, 0.25) is 0 Å². The van der Waals surface area contributed by atoms with Gasteiger partial charge in [0.25, 0.3) is 0 Å². The van der Waals surface area contributed by atoms with Gasteiger partial charge in [-0.05, 0) is 19.4 Å². The number of ether oxygens (including phenoxy) is 2. The van der Waals surface area contributed by atoms with Crippen molar-refractivity contribution in [1.29, 1.82) is 0 Å². The average Bonchev–Trinajstić information content (AvgIpc) is 2.71. The summed E-state index contributed by atoms with van der Waals surface area (Å²) in [5.74, 6) is 0.671. The summed E-state index contributed by atoms with van der Waals surface area (Å²) >= 11 is 0. The van der Waals surface area contributed by atoms with Gasteiger partial charge in [-0.3, -0.25) is 4.68 Å². The lowest BCUT2D eigenvalue weighted by atomic mass is 10.2. The van der Waals surface area contributed by atoms with Gasteiger partial charge in [-0.25, -0.2) is 0 Å². The quantitative estimate of drug-likeness (QED) is 0.655. The maximum Gasteiger partial charge on any atom is 0.0701 e. The first-order valence-electron chi connectivity index (χ1n) is 6.93. The maximum absolute atomic E-state index is 5.45. The van der Waals surface area contributed by atoms with Gasteiger partial charge in [-0.1, -0.05) is 13.8 Å². The van der Waals surface area contributed by atoms with Crippen LogP contribution in [0.2, 0.25) is 0 Å². The first-order chi connectivity index (χ1) is 9.15. The molecule has 0 saturated carbocycles. The first kappa shape index (κ1) is 16.1. The molecule has 5 heteroatoms. The van der Waals surface area contributed by atoms with Crippen molar-refractivity contribution in [3.05, 3.63) is 17.5 Å². The van der Waals surface area contributed by atoms with Crippen molar-refractivity contribution < 1.29 is 9.47 Å². The fourth-order valence-electron chi connectivity index (χ4n) is 1.78. The van der Waals surface area contributed by atoms with Crippen LogP contribution in [0.5, 0.6) is 0 Å². The van der Waals surface area contributed by atoms with Gasteiger partial charge in [0.1, 0.15) is 0 Å². The molecule has 0 amide bonds. The summed E-state index contributed by atoms with van der Waals surface area (Å²) in [5.41, 5.74) is 2.48. The van der Waals surface area contributed by atoms with E-state index in [4.69, 9.17) is 9.47 Å². The molecular formula is C14H27N3O2. The molecule has 0 fully saturated rings. The third-order valence-corrected chi connectivity index (χ3v) is 2.95. The Morgan fingerprint density at radius 1 is 1.32 bits per heavy atom. The topological polar surface area (TPSA) is 48.3 Å². The zero-order valence-electron chi connectivity index (χ0n) is 12.6.